The molecule has 0 radical (unpaired) electrons. The third-order valence-electron chi connectivity index (χ3n) is 2.78. The van der Waals surface area contributed by atoms with Crippen LogP contribution in [0, 0.1) is 18.6 Å². The zero-order chi connectivity index (χ0) is 14.7. The summed E-state index contributed by atoms with van der Waals surface area (Å²) in [6, 6.07) is 3.94. The van der Waals surface area contributed by atoms with Gasteiger partial charge in [0, 0.05) is 23.6 Å². The van der Waals surface area contributed by atoms with E-state index >= 15 is 0 Å². The van der Waals surface area contributed by atoms with E-state index in [-0.39, 0.29) is 6.04 Å². The fourth-order valence-corrected chi connectivity index (χ4v) is 2.82. The second kappa shape index (κ2) is 6.28. The molecule has 1 aromatic heterocycles. The molecule has 0 fully saturated rings. The van der Waals surface area contributed by atoms with Crippen LogP contribution in [-0.2, 0) is 4.74 Å². The minimum absolute atomic E-state index is 0.128. The number of hydrogen-bond acceptors (Lipinski definition) is 4. The van der Waals surface area contributed by atoms with E-state index < -0.39 is 11.6 Å². The van der Waals surface area contributed by atoms with Gasteiger partial charge in [0.25, 0.3) is 0 Å². The third-order valence-corrected chi connectivity index (χ3v) is 3.68. The molecule has 3 nitrogen and oxygen atoms in total. The smallest absolute Gasteiger partial charge is 0.183 e. The average molecular weight is 298 g/mol. The van der Waals surface area contributed by atoms with E-state index in [1.807, 2.05) is 13.8 Å². The summed E-state index contributed by atoms with van der Waals surface area (Å²) in [4.78, 5) is 5.38. The van der Waals surface area contributed by atoms with Crippen LogP contribution in [0.4, 0.5) is 13.9 Å². The van der Waals surface area contributed by atoms with E-state index in [1.165, 1.54) is 23.5 Å². The van der Waals surface area contributed by atoms with Gasteiger partial charge in [-0.2, -0.15) is 0 Å². The fraction of sp³-hybridized carbons (Fsp3) is 0.357. The van der Waals surface area contributed by atoms with Gasteiger partial charge in [-0.15, -0.1) is 11.3 Å². The molecule has 0 saturated carbocycles. The van der Waals surface area contributed by atoms with Crippen molar-refractivity contribution in [1.29, 1.82) is 0 Å². The van der Waals surface area contributed by atoms with Crippen molar-refractivity contribution in [1.82, 2.24) is 4.98 Å². The zero-order valence-corrected chi connectivity index (χ0v) is 12.4. The molecule has 20 heavy (non-hydrogen) atoms. The highest BCUT2D eigenvalue weighted by atomic mass is 32.1. The number of hydrogen-bond donors (Lipinski definition) is 1. The summed E-state index contributed by atoms with van der Waals surface area (Å²) < 4.78 is 31.3. The molecule has 0 aliphatic rings. The van der Waals surface area contributed by atoms with Crippen LogP contribution in [0.3, 0.4) is 0 Å². The zero-order valence-electron chi connectivity index (χ0n) is 11.5. The Kier molecular flexibility index (Phi) is 4.67. The predicted octanol–water partition coefficient (Wildman–Crippen LogP) is 3.84. The molecule has 108 valence electrons. The van der Waals surface area contributed by atoms with Crippen molar-refractivity contribution in [3.63, 3.8) is 0 Å². The molecule has 0 unspecified atom stereocenters. The van der Waals surface area contributed by atoms with Gasteiger partial charge in [-0.05, 0) is 32.0 Å². The summed E-state index contributed by atoms with van der Waals surface area (Å²) in [5.74, 6) is -1.72. The van der Waals surface area contributed by atoms with Crippen LogP contribution < -0.4 is 5.32 Å². The van der Waals surface area contributed by atoms with E-state index in [0.717, 1.165) is 16.1 Å². The predicted molar refractivity (Wildman–Crippen MR) is 77.2 cm³/mol. The topological polar surface area (TPSA) is 34.1 Å². The highest BCUT2D eigenvalue weighted by molar-refractivity contribution is 7.16. The Balaban J connectivity index is 2.24. The maximum Gasteiger partial charge on any atom is 0.183 e. The van der Waals surface area contributed by atoms with Crippen molar-refractivity contribution in [3.05, 3.63) is 34.7 Å². The average Bonchev–Trinajstić information content (AvgIpc) is 2.74. The number of nitrogens with one attached hydrogen (secondary N) is 1. The number of halogens is 2. The number of rotatable bonds is 5. The molecule has 0 aliphatic carbocycles. The monoisotopic (exact) mass is 298 g/mol. The molecule has 2 aromatic rings. The Labute approximate surface area is 120 Å². The van der Waals surface area contributed by atoms with Gasteiger partial charge in [-0.3, -0.25) is 0 Å². The van der Waals surface area contributed by atoms with Gasteiger partial charge in [0.1, 0.15) is 0 Å². The molecule has 1 heterocycles. The Hall–Kier alpha value is -1.53. The first-order valence-electron chi connectivity index (χ1n) is 6.19. The standard InChI is InChI=1S/C14H16F2N2OS/c1-8(7-19-3)17-14-18-13(9(2)20-14)10-4-5-11(15)12(16)6-10/h4-6,8H,7H2,1-3H3,(H,17,18)/t8-/m0/s1. The van der Waals surface area contributed by atoms with Gasteiger partial charge in [-0.1, -0.05) is 0 Å². The molecule has 0 spiro atoms. The van der Waals surface area contributed by atoms with Crippen molar-refractivity contribution >= 4 is 16.5 Å². The van der Waals surface area contributed by atoms with Gasteiger partial charge >= 0.3 is 0 Å². The van der Waals surface area contributed by atoms with Crippen LogP contribution >= 0.6 is 11.3 Å². The summed E-state index contributed by atoms with van der Waals surface area (Å²) in [7, 11) is 1.64. The third kappa shape index (κ3) is 3.32. The number of aromatic nitrogens is 1. The van der Waals surface area contributed by atoms with Crippen LogP contribution in [0.2, 0.25) is 0 Å². The maximum absolute atomic E-state index is 13.3. The van der Waals surface area contributed by atoms with Crippen LogP contribution in [0.15, 0.2) is 18.2 Å². The van der Waals surface area contributed by atoms with Gasteiger partial charge in [0.05, 0.1) is 12.3 Å². The molecule has 1 atom stereocenters. The van der Waals surface area contributed by atoms with Crippen molar-refractivity contribution in [2.75, 3.05) is 19.0 Å². The number of thiazole rings is 1. The molecule has 0 aliphatic heterocycles. The fourth-order valence-electron chi connectivity index (χ4n) is 1.87. The van der Waals surface area contributed by atoms with Crippen molar-refractivity contribution in [2.45, 2.75) is 19.9 Å². The van der Waals surface area contributed by atoms with Gasteiger partial charge < -0.3 is 10.1 Å². The Morgan fingerprint density at radius 2 is 2.10 bits per heavy atom. The maximum atomic E-state index is 13.3. The first-order valence-corrected chi connectivity index (χ1v) is 7.01. The molecule has 1 N–H and O–H groups in total. The molecule has 0 bridgehead atoms. The lowest BCUT2D eigenvalue weighted by Crippen LogP contribution is -2.20. The first kappa shape index (κ1) is 14.9. The summed E-state index contributed by atoms with van der Waals surface area (Å²) >= 11 is 1.48. The number of methoxy groups -OCH3 is 1. The number of aryl methyl sites for hydroxylation is 1. The Bertz CT molecular complexity index is 601. The number of benzene rings is 1. The van der Waals surface area contributed by atoms with Crippen LogP contribution in [0.5, 0.6) is 0 Å². The molecule has 1 aromatic carbocycles. The molecule has 6 heteroatoms. The lowest BCUT2D eigenvalue weighted by Gasteiger charge is -2.10. The summed E-state index contributed by atoms with van der Waals surface area (Å²) in [5, 5.41) is 3.96. The SMILES string of the molecule is COC[C@H](C)Nc1nc(-c2ccc(F)c(F)c2)c(C)s1. The van der Waals surface area contributed by atoms with E-state index in [0.29, 0.717) is 17.9 Å². The van der Waals surface area contributed by atoms with Crippen molar-refractivity contribution in [2.24, 2.45) is 0 Å². The lowest BCUT2D eigenvalue weighted by atomic mass is 10.1. The molecular weight excluding hydrogens is 282 g/mol. The van der Waals surface area contributed by atoms with Gasteiger partial charge in [-0.25, -0.2) is 13.8 Å². The number of ether oxygens (including phenoxy) is 1. The highest BCUT2D eigenvalue weighted by Crippen LogP contribution is 2.31. The lowest BCUT2D eigenvalue weighted by molar-refractivity contribution is 0.190. The van der Waals surface area contributed by atoms with Gasteiger partial charge in [0.15, 0.2) is 16.8 Å². The van der Waals surface area contributed by atoms with E-state index in [1.54, 1.807) is 7.11 Å². The van der Waals surface area contributed by atoms with Crippen LogP contribution in [-0.4, -0.2) is 24.7 Å². The van der Waals surface area contributed by atoms with Crippen LogP contribution in [0.1, 0.15) is 11.8 Å². The summed E-state index contributed by atoms with van der Waals surface area (Å²) in [6.07, 6.45) is 0. The minimum atomic E-state index is -0.864. The van der Waals surface area contributed by atoms with E-state index in [9.17, 15) is 8.78 Å². The molecule has 0 saturated heterocycles. The molecular formula is C14H16F2N2OS. The van der Waals surface area contributed by atoms with Gasteiger partial charge in [0.2, 0.25) is 0 Å². The van der Waals surface area contributed by atoms with E-state index in [4.69, 9.17) is 4.74 Å². The van der Waals surface area contributed by atoms with Crippen molar-refractivity contribution < 1.29 is 13.5 Å². The number of anilines is 1. The second-order valence-corrected chi connectivity index (χ2v) is 5.76. The van der Waals surface area contributed by atoms with E-state index in [2.05, 4.69) is 10.3 Å². The minimum Gasteiger partial charge on any atom is -0.383 e. The largest absolute Gasteiger partial charge is 0.383 e. The number of nitrogens with zero attached hydrogens (tertiary/aromatic N) is 1. The molecule has 2 rings (SSSR count). The quantitative estimate of drug-likeness (QED) is 0.910. The normalized spacial score (nSPS) is 12.4. The van der Waals surface area contributed by atoms with Crippen LogP contribution in [0.25, 0.3) is 11.3 Å². The summed E-state index contributed by atoms with van der Waals surface area (Å²) in [5.41, 5.74) is 1.24. The first-order chi connectivity index (χ1) is 9.51. The second-order valence-electron chi connectivity index (χ2n) is 4.55. The van der Waals surface area contributed by atoms with Crippen molar-refractivity contribution in [3.8, 4) is 11.3 Å². The molecule has 0 amide bonds. The Morgan fingerprint density at radius 1 is 1.35 bits per heavy atom. The summed E-state index contributed by atoms with van der Waals surface area (Å²) in [6.45, 7) is 4.46. The Morgan fingerprint density at radius 3 is 2.75 bits per heavy atom. The highest BCUT2D eigenvalue weighted by Gasteiger charge is 2.13.